The van der Waals surface area contributed by atoms with Gasteiger partial charge in [-0.2, -0.15) is 23.5 Å². The van der Waals surface area contributed by atoms with Crippen LogP contribution in [0.1, 0.15) is 54.6 Å². The number of anilines is 1. The number of nitrogens with zero attached hydrogens (tertiary/aromatic N) is 6. The van der Waals surface area contributed by atoms with Crippen LogP contribution in [0.4, 0.5) is 19.0 Å². The van der Waals surface area contributed by atoms with Crippen LogP contribution in [0, 0.1) is 18.3 Å². The fourth-order valence-electron chi connectivity index (χ4n) is 4.58. The lowest BCUT2D eigenvalue weighted by Crippen LogP contribution is -2.46. The third-order valence-electron chi connectivity index (χ3n) is 6.28. The van der Waals surface area contributed by atoms with Gasteiger partial charge < -0.3 is 15.4 Å². The number of hydrogen-bond acceptors (Lipinski definition) is 7. The van der Waals surface area contributed by atoms with Crippen LogP contribution in [-0.2, 0) is 0 Å². The molecule has 0 bridgehead atoms. The molecule has 1 aromatic carbocycles. The number of nitriles is 1. The van der Waals surface area contributed by atoms with Crippen LogP contribution >= 0.6 is 11.6 Å². The van der Waals surface area contributed by atoms with Gasteiger partial charge in [0.2, 0.25) is 0 Å². The molecule has 2 aromatic heterocycles. The Morgan fingerprint density at radius 2 is 2.06 bits per heavy atom. The summed E-state index contributed by atoms with van der Waals surface area (Å²) < 4.78 is 45.7. The summed E-state index contributed by atoms with van der Waals surface area (Å²) in [5, 5.41) is 15.4. The smallest absolute Gasteiger partial charge is 0.390 e. The molecule has 4 rings (SSSR count). The zero-order valence-electron chi connectivity index (χ0n) is 19.5. The number of alkyl halides is 3. The number of aromatic nitrogens is 4. The third-order valence-corrected chi connectivity index (χ3v) is 6.58. The normalized spacial score (nSPS) is 15.7. The summed E-state index contributed by atoms with van der Waals surface area (Å²) in [6.45, 7) is 6.56. The van der Waals surface area contributed by atoms with E-state index in [9.17, 15) is 18.4 Å². The zero-order valence-corrected chi connectivity index (χ0v) is 20.3. The van der Waals surface area contributed by atoms with Gasteiger partial charge in [0.1, 0.15) is 24.0 Å². The first-order chi connectivity index (χ1) is 16.6. The third kappa shape index (κ3) is 4.73. The molecule has 35 heavy (non-hydrogen) atoms. The number of nitrogens with two attached hydrogens (primary N) is 1. The van der Waals surface area contributed by atoms with Crippen LogP contribution in [0.3, 0.4) is 0 Å². The molecular weight excluding hydrogens is 483 g/mol. The summed E-state index contributed by atoms with van der Waals surface area (Å²) in [5.74, 6) is 0.644. The Morgan fingerprint density at radius 3 is 2.69 bits per heavy atom. The maximum absolute atomic E-state index is 12.6. The molecule has 1 fully saturated rings. The van der Waals surface area contributed by atoms with Crippen molar-refractivity contribution in [3.05, 3.63) is 39.8 Å². The molecule has 1 saturated heterocycles. The maximum Gasteiger partial charge on any atom is 0.390 e. The molecule has 1 aliphatic heterocycles. The first-order valence-corrected chi connectivity index (χ1v) is 11.6. The quantitative estimate of drug-likeness (QED) is 0.498. The van der Waals surface area contributed by atoms with Crippen molar-refractivity contribution in [2.45, 2.75) is 45.3 Å². The van der Waals surface area contributed by atoms with E-state index in [1.54, 1.807) is 15.6 Å². The van der Waals surface area contributed by atoms with Gasteiger partial charge in [0.15, 0.2) is 5.65 Å². The molecule has 0 amide bonds. The Labute approximate surface area is 205 Å². The lowest BCUT2D eigenvalue weighted by atomic mass is 9.85. The minimum Gasteiger partial charge on any atom is -0.493 e. The van der Waals surface area contributed by atoms with Crippen LogP contribution in [0.2, 0.25) is 5.02 Å². The van der Waals surface area contributed by atoms with E-state index in [2.05, 4.69) is 21.1 Å². The number of benzene rings is 1. The fraction of sp³-hybridized carbons (Fsp3) is 0.478. The van der Waals surface area contributed by atoms with Crippen LogP contribution in [0.5, 0.6) is 5.75 Å². The SMILES string of the molecule is CCOc1c([C@H](C)n2nc(C)c3c(N)ncnc32)cc(Cl)c(C#N)c1C1CN(CCC(F)(F)F)C1. The Balaban J connectivity index is 1.76. The van der Waals surface area contributed by atoms with E-state index in [-0.39, 0.29) is 23.0 Å². The molecular formula is C23H25ClF3N7O. The molecule has 186 valence electrons. The molecule has 8 nitrogen and oxygen atoms in total. The van der Waals surface area contributed by atoms with Crippen LogP contribution in [-0.4, -0.2) is 57.1 Å². The van der Waals surface area contributed by atoms with Gasteiger partial charge in [0.05, 0.1) is 40.7 Å². The monoisotopic (exact) mass is 507 g/mol. The minimum atomic E-state index is -4.21. The first kappa shape index (κ1) is 25.0. The van der Waals surface area contributed by atoms with Crippen molar-refractivity contribution in [1.29, 1.82) is 5.26 Å². The summed E-state index contributed by atoms with van der Waals surface area (Å²) in [6.07, 6.45) is -3.72. The van der Waals surface area contributed by atoms with Crippen molar-refractivity contribution in [3.63, 3.8) is 0 Å². The maximum atomic E-state index is 12.6. The van der Waals surface area contributed by atoms with Crippen molar-refractivity contribution < 1.29 is 17.9 Å². The van der Waals surface area contributed by atoms with Crippen molar-refractivity contribution in [2.24, 2.45) is 0 Å². The van der Waals surface area contributed by atoms with E-state index < -0.39 is 18.6 Å². The van der Waals surface area contributed by atoms with Gasteiger partial charge in [-0.3, -0.25) is 0 Å². The standard InChI is InChI=1S/C23H25ClF3N7O/c1-4-35-20-15(13(3)34-22-18(12(2)32-34)21(29)30-11-31-22)7-17(24)16(8-28)19(20)14-9-33(10-14)6-5-23(25,26)27/h7,11,13-14H,4-6,9-10H2,1-3H3,(H2,29,30,31)/t13-/m0/s1. The second kappa shape index (κ2) is 9.51. The molecule has 0 unspecified atom stereocenters. The molecule has 3 heterocycles. The second-order valence-electron chi connectivity index (χ2n) is 8.60. The number of halogens is 4. The Hall–Kier alpha value is -3.10. The van der Waals surface area contributed by atoms with Crippen molar-refractivity contribution in [1.82, 2.24) is 24.6 Å². The predicted octanol–water partition coefficient (Wildman–Crippen LogP) is 4.60. The Bertz CT molecular complexity index is 1300. The van der Waals surface area contributed by atoms with Gasteiger partial charge in [-0.25, -0.2) is 14.6 Å². The van der Waals surface area contributed by atoms with Crippen molar-refractivity contribution in [3.8, 4) is 11.8 Å². The highest BCUT2D eigenvalue weighted by Gasteiger charge is 2.37. The Morgan fingerprint density at radius 1 is 1.34 bits per heavy atom. The highest BCUT2D eigenvalue weighted by Crippen LogP contribution is 2.44. The van der Waals surface area contributed by atoms with E-state index in [0.717, 1.165) is 0 Å². The number of aryl methyl sites for hydroxylation is 1. The van der Waals surface area contributed by atoms with Gasteiger partial charge in [-0.05, 0) is 26.8 Å². The molecule has 1 aliphatic rings. The van der Waals surface area contributed by atoms with Crippen LogP contribution < -0.4 is 10.5 Å². The van der Waals surface area contributed by atoms with Crippen molar-refractivity contribution >= 4 is 28.5 Å². The number of rotatable bonds is 7. The van der Waals surface area contributed by atoms with Crippen molar-refractivity contribution in [2.75, 3.05) is 32.0 Å². The molecule has 0 spiro atoms. The average molecular weight is 508 g/mol. The average Bonchev–Trinajstić information content (AvgIpc) is 3.10. The summed E-state index contributed by atoms with van der Waals surface area (Å²) in [5.41, 5.74) is 8.85. The molecule has 0 aliphatic carbocycles. The topological polar surface area (TPSA) is 106 Å². The van der Waals surface area contributed by atoms with Gasteiger partial charge in [0, 0.05) is 36.7 Å². The van der Waals surface area contributed by atoms with Gasteiger partial charge in [0.25, 0.3) is 0 Å². The number of nitrogen functional groups attached to an aromatic ring is 1. The molecule has 0 radical (unpaired) electrons. The van der Waals surface area contributed by atoms with E-state index in [1.807, 2.05) is 20.8 Å². The van der Waals surface area contributed by atoms with Gasteiger partial charge in [-0.15, -0.1) is 0 Å². The van der Waals surface area contributed by atoms with E-state index in [4.69, 9.17) is 22.1 Å². The zero-order chi connectivity index (χ0) is 25.5. The van der Waals surface area contributed by atoms with Crippen LogP contribution in [0.25, 0.3) is 11.0 Å². The number of likely N-dealkylation sites (tertiary alicyclic amines) is 1. The van der Waals surface area contributed by atoms with Gasteiger partial charge >= 0.3 is 6.18 Å². The van der Waals surface area contributed by atoms with Crippen LogP contribution in [0.15, 0.2) is 12.4 Å². The summed E-state index contributed by atoms with van der Waals surface area (Å²) in [4.78, 5) is 10.1. The number of hydrogen-bond donors (Lipinski definition) is 1. The molecule has 0 saturated carbocycles. The number of ether oxygens (including phenoxy) is 1. The summed E-state index contributed by atoms with van der Waals surface area (Å²) in [6, 6.07) is 3.45. The van der Waals surface area contributed by atoms with Gasteiger partial charge in [-0.1, -0.05) is 11.6 Å². The lowest BCUT2D eigenvalue weighted by Gasteiger charge is -2.41. The molecule has 1 atom stereocenters. The summed E-state index contributed by atoms with van der Waals surface area (Å²) in [7, 11) is 0. The molecule has 12 heteroatoms. The molecule has 2 N–H and O–H groups in total. The lowest BCUT2D eigenvalue weighted by molar-refractivity contribution is -0.140. The second-order valence-corrected chi connectivity index (χ2v) is 9.00. The fourth-order valence-corrected chi connectivity index (χ4v) is 4.84. The Kier molecular flexibility index (Phi) is 6.79. The number of fused-ring (bicyclic) bond motifs is 1. The minimum absolute atomic E-state index is 0.0879. The van der Waals surface area contributed by atoms with E-state index >= 15 is 0 Å². The highest BCUT2D eigenvalue weighted by molar-refractivity contribution is 6.32. The first-order valence-electron chi connectivity index (χ1n) is 11.2. The van der Waals surface area contributed by atoms with E-state index in [1.165, 1.54) is 6.33 Å². The highest BCUT2D eigenvalue weighted by atomic mass is 35.5. The predicted molar refractivity (Wildman–Crippen MR) is 125 cm³/mol. The van der Waals surface area contributed by atoms with E-state index in [0.29, 0.717) is 59.1 Å². The molecule has 3 aromatic rings. The summed E-state index contributed by atoms with van der Waals surface area (Å²) >= 11 is 6.55. The largest absolute Gasteiger partial charge is 0.493 e.